The first-order valence-corrected chi connectivity index (χ1v) is 7.50. The van der Waals surface area contributed by atoms with Crippen molar-refractivity contribution in [1.29, 1.82) is 0 Å². The van der Waals surface area contributed by atoms with E-state index in [9.17, 15) is 9.18 Å². The van der Waals surface area contributed by atoms with Gasteiger partial charge in [-0.2, -0.15) is 0 Å². The van der Waals surface area contributed by atoms with Crippen molar-refractivity contribution in [3.63, 3.8) is 0 Å². The van der Waals surface area contributed by atoms with Crippen molar-refractivity contribution >= 4 is 11.6 Å². The van der Waals surface area contributed by atoms with Crippen LogP contribution in [0.2, 0.25) is 0 Å². The van der Waals surface area contributed by atoms with Crippen LogP contribution in [0, 0.1) is 12.7 Å². The molecule has 1 amide bonds. The predicted molar refractivity (Wildman–Crippen MR) is 85.7 cm³/mol. The molecule has 2 aromatic carbocycles. The molecule has 0 radical (unpaired) electrons. The summed E-state index contributed by atoms with van der Waals surface area (Å²) in [5.74, 6) is -0.155. The molecule has 0 saturated carbocycles. The predicted octanol–water partition coefficient (Wildman–Crippen LogP) is 3.10. The topological polar surface area (TPSA) is 23.6 Å². The second kappa shape index (κ2) is 6.18. The molecule has 0 aromatic heterocycles. The van der Waals surface area contributed by atoms with Gasteiger partial charge in [0.05, 0.1) is 5.69 Å². The van der Waals surface area contributed by atoms with Crippen molar-refractivity contribution < 1.29 is 9.18 Å². The van der Waals surface area contributed by atoms with E-state index in [1.54, 1.807) is 12.1 Å². The van der Waals surface area contributed by atoms with Crippen molar-refractivity contribution in [2.45, 2.75) is 6.92 Å². The van der Waals surface area contributed by atoms with Crippen LogP contribution in [-0.4, -0.2) is 37.0 Å². The Labute approximate surface area is 130 Å². The molecular weight excluding hydrogens is 279 g/mol. The van der Waals surface area contributed by atoms with E-state index in [1.807, 2.05) is 47.1 Å². The summed E-state index contributed by atoms with van der Waals surface area (Å²) in [5, 5.41) is 0. The molecular formula is C18H19FN2O. The van der Waals surface area contributed by atoms with E-state index < -0.39 is 0 Å². The number of halogens is 1. The zero-order valence-electron chi connectivity index (χ0n) is 12.6. The Morgan fingerprint density at radius 2 is 1.73 bits per heavy atom. The maximum absolute atomic E-state index is 13.8. The highest BCUT2D eigenvalue weighted by Crippen LogP contribution is 2.20. The molecule has 4 heteroatoms. The van der Waals surface area contributed by atoms with E-state index >= 15 is 0 Å². The summed E-state index contributed by atoms with van der Waals surface area (Å²) in [6.45, 7) is 4.51. The van der Waals surface area contributed by atoms with Crippen LogP contribution in [0.1, 0.15) is 15.9 Å². The normalized spacial score (nSPS) is 15.0. The molecule has 0 unspecified atom stereocenters. The highest BCUT2D eigenvalue weighted by Gasteiger charge is 2.23. The first-order chi connectivity index (χ1) is 10.6. The van der Waals surface area contributed by atoms with Gasteiger partial charge in [-0.15, -0.1) is 0 Å². The number of nitrogens with zero attached hydrogens (tertiary/aromatic N) is 2. The Bertz CT molecular complexity index is 678. The van der Waals surface area contributed by atoms with Crippen LogP contribution in [-0.2, 0) is 0 Å². The lowest BCUT2D eigenvalue weighted by Crippen LogP contribution is -2.49. The van der Waals surface area contributed by atoms with Crippen LogP contribution >= 0.6 is 0 Å². The number of piperazine rings is 1. The summed E-state index contributed by atoms with van der Waals surface area (Å²) in [4.78, 5) is 16.3. The Kier molecular flexibility index (Phi) is 4.09. The van der Waals surface area contributed by atoms with Gasteiger partial charge in [0.1, 0.15) is 5.82 Å². The monoisotopic (exact) mass is 298 g/mol. The maximum Gasteiger partial charge on any atom is 0.253 e. The van der Waals surface area contributed by atoms with Crippen LogP contribution in [0.25, 0.3) is 0 Å². The molecule has 1 aliphatic rings. The summed E-state index contributed by atoms with van der Waals surface area (Å²) < 4.78 is 13.8. The van der Waals surface area contributed by atoms with Crippen LogP contribution in [0.4, 0.5) is 10.1 Å². The minimum Gasteiger partial charge on any atom is -0.366 e. The molecule has 1 heterocycles. The highest BCUT2D eigenvalue weighted by molar-refractivity contribution is 5.94. The third kappa shape index (κ3) is 2.96. The number of hydrogen-bond acceptors (Lipinski definition) is 2. The summed E-state index contributed by atoms with van der Waals surface area (Å²) in [6.07, 6.45) is 0. The van der Waals surface area contributed by atoms with E-state index in [0.717, 1.165) is 11.1 Å². The van der Waals surface area contributed by atoms with Crippen molar-refractivity contribution in [2.75, 3.05) is 31.1 Å². The number of hydrogen-bond donors (Lipinski definition) is 0. The Morgan fingerprint density at radius 1 is 1.00 bits per heavy atom. The minimum absolute atomic E-state index is 0.0527. The van der Waals surface area contributed by atoms with Crippen LogP contribution < -0.4 is 4.90 Å². The van der Waals surface area contributed by atoms with Gasteiger partial charge in [0.2, 0.25) is 0 Å². The lowest BCUT2D eigenvalue weighted by molar-refractivity contribution is 0.0746. The highest BCUT2D eigenvalue weighted by atomic mass is 19.1. The van der Waals surface area contributed by atoms with Gasteiger partial charge < -0.3 is 9.80 Å². The van der Waals surface area contributed by atoms with Crippen LogP contribution in [0.15, 0.2) is 48.5 Å². The molecule has 0 N–H and O–H groups in total. The fraction of sp³-hybridized carbons (Fsp3) is 0.278. The Morgan fingerprint density at radius 3 is 2.41 bits per heavy atom. The first-order valence-electron chi connectivity index (χ1n) is 7.50. The number of amides is 1. The Hall–Kier alpha value is -2.36. The van der Waals surface area contributed by atoms with Gasteiger partial charge in [0, 0.05) is 31.7 Å². The van der Waals surface area contributed by atoms with Gasteiger partial charge in [-0.3, -0.25) is 4.79 Å². The maximum atomic E-state index is 13.8. The van der Waals surface area contributed by atoms with E-state index in [4.69, 9.17) is 0 Å². The van der Waals surface area contributed by atoms with E-state index in [-0.39, 0.29) is 11.7 Å². The molecule has 22 heavy (non-hydrogen) atoms. The van der Waals surface area contributed by atoms with Gasteiger partial charge in [-0.25, -0.2) is 4.39 Å². The second-order valence-corrected chi connectivity index (χ2v) is 5.60. The lowest BCUT2D eigenvalue weighted by atomic mass is 10.1. The van der Waals surface area contributed by atoms with Gasteiger partial charge in [0.15, 0.2) is 0 Å². The van der Waals surface area contributed by atoms with Crippen molar-refractivity contribution in [3.05, 3.63) is 65.5 Å². The van der Waals surface area contributed by atoms with Gasteiger partial charge >= 0.3 is 0 Å². The first kappa shape index (κ1) is 14.6. The molecule has 2 aromatic rings. The minimum atomic E-state index is -0.207. The number of carbonyl (C=O) groups excluding carboxylic acids is 1. The molecule has 0 aliphatic carbocycles. The average molecular weight is 298 g/mol. The quantitative estimate of drug-likeness (QED) is 0.850. The standard InChI is InChI=1S/C18H19FN2O/c1-14-5-4-6-15(13-14)18(22)21-11-9-20(10-12-21)17-8-3-2-7-16(17)19/h2-8,13H,9-12H2,1H3. The zero-order valence-corrected chi connectivity index (χ0v) is 12.6. The third-order valence-corrected chi connectivity index (χ3v) is 4.03. The smallest absolute Gasteiger partial charge is 0.253 e. The van der Waals surface area contributed by atoms with Gasteiger partial charge in [-0.05, 0) is 31.2 Å². The van der Waals surface area contributed by atoms with E-state index in [0.29, 0.717) is 31.9 Å². The number of rotatable bonds is 2. The fourth-order valence-electron chi connectivity index (χ4n) is 2.82. The average Bonchev–Trinajstić information content (AvgIpc) is 2.55. The van der Waals surface area contributed by atoms with Crippen LogP contribution in [0.5, 0.6) is 0 Å². The number of anilines is 1. The molecule has 0 atom stereocenters. The summed E-state index contributed by atoms with van der Waals surface area (Å²) in [7, 11) is 0. The summed E-state index contributed by atoms with van der Waals surface area (Å²) in [6, 6.07) is 14.4. The van der Waals surface area contributed by atoms with Crippen LogP contribution in [0.3, 0.4) is 0 Å². The molecule has 1 saturated heterocycles. The Balaban J connectivity index is 1.67. The molecule has 1 fully saturated rings. The van der Waals surface area contributed by atoms with E-state index in [1.165, 1.54) is 6.07 Å². The number of carbonyl (C=O) groups is 1. The van der Waals surface area contributed by atoms with Crippen molar-refractivity contribution in [2.24, 2.45) is 0 Å². The fourth-order valence-corrected chi connectivity index (χ4v) is 2.82. The van der Waals surface area contributed by atoms with Crippen molar-refractivity contribution in [1.82, 2.24) is 4.90 Å². The molecule has 1 aliphatic heterocycles. The number of para-hydroxylation sites is 1. The number of aryl methyl sites for hydroxylation is 1. The van der Waals surface area contributed by atoms with Gasteiger partial charge in [0.25, 0.3) is 5.91 Å². The lowest BCUT2D eigenvalue weighted by Gasteiger charge is -2.36. The second-order valence-electron chi connectivity index (χ2n) is 5.60. The molecule has 114 valence electrons. The molecule has 0 bridgehead atoms. The largest absolute Gasteiger partial charge is 0.366 e. The van der Waals surface area contributed by atoms with Crippen molar-refractivity contribution in [3.8, 4) is 0 Å². The van der Waals surface area contributed by atoms with Gasteiger partial charge in [-0.1, -0.05) is 29.8 Å². The molecule has 0 spiro atoms. The third-order valence-electron chi connectivity index (χ3n) is 4.03. The summed E-state index contributed by atoms with van der Waals surface area (Å²) in [5.41, 5.74) is 2.42. The zero-order chi connectivity index (χ0) is 15.5. The SMILES string of the molecule is Cc1cccc(C(=O)N2CCN(c3ccccc3F)CC2)c1. The molecule has 3 nitrogen and oxygen atoms in total. The molecule has 3 rings (SSSR count). The van der Waals surface area contributed by atoms with E-state index in [2.05, 4.69) is 0 Å². The summed E-state index contributed by atoms with van der Waals surface area (Å²) >= 11 is 0. The number of benzene rings is 2.